The summed E-state index contributed by atoms with van der Waals surface area (Å²) in [4.78, 5) is 24.8. The van der Waals surface area contributed by atoms with Crippen molar-refractivity contribution >= 4 is 11.4 Å². The standard InChI is InChI=1S/C30H29FN6O/c1-20-32-29(23-9-11-24(31)12-10-23)30(35(20)2)26-13-14-28-33-25(19-37(28)34-26)17-27(38)22-7-5-21(6-8-22)18-36-15-3-4-16-36/h5-14,19H,3-4,15-18H2,1-2H3. The Kier molecular flexibility index (Phi) is 6.33. The van der Waals surface area contributed by atoms with E-state index in [9.17, 15) is 9.18 Å². The Morgan fingerprint density at radius 3 is 2.42 bits per heavy atom. The summed E-state index contributed by atoms with van der Waals surface area (Å²) < 4.78 is 17.2. The van der Waals surface area contributed by atoms with Crippen LogP contribution in [-0.2, 0) is 20.0 Å². The first kappa shape index (κ1) is 24.2. The highest BCUT2D eigenvalue weighted by atomic mass is 19.1. The number of ketones is 1. The maximum atomic E-state index is 13.5. The largest absolute Gasteiger partial charge is 0.330 e. The minimum absolute atomic E-state index is 0.0298. The summed E-state index contributed by atoms with van der Waals surface area (Å²) in [5.74, 6) is 0.563. The predicted octanol–water partition coefficient (Wildman–Crippen LogP) is 5.27. The molecule has 5 aromatic rings. The molecule has 0 unspecified atom stereocenters. The fourth-order valence-electron chi connectivity index (χ4n) is 5.12. The maximum Gasteiger partial charge on any atom is 0.168 e. The van der Waals surface area contributed by atoms with E-state index in [1.54, 1.807) is 22.8 Å². The molecule has 0 spiro atoms. The molecule has 38 heavy (non-hydrogen) atoms. The van der Waals surface area contributed by atoms with Crippen LogP contribution >= 0.6 is 0 Å². The number of benzene rings is 2. The van der Waals surface area contributed by atoms with Crippen molar-refractivity contribution in [2.24, 2.45) is 7.05 Å². The number of carbonyl (C=O) groups is 1. The number of halogens is 1. The quantitative estimate of drug-likeness (QED) is 0.280. The van der Waals surface area contributed by atoms with Crippen molar-refractivity contribution in [1.82, 2.24) is 29.0 Å². The van der Waals surface area contributed by atoms with Crippen LogP contribution < -0.4 is 0 Å². The summed E-state index contributed by atoms with van der Waals surface area (Å²) in [7, 11) is 1.94. The number of fused-ring (bicyclic) bond motifs is 1. The minimum Gasteiger partial charge on any atom is -0.330 e. The van der Waals surface area contributed by atoms with Gasteiger partial charge in [0, 0.05) is 24.7 Å². The molecule has 192 valence electrons. The van der Waals surface area contributed by atoms with Gasteiger partial charge in [-0.2, -0.15) is 5.10 Å². The summed E-state index contributed by atoms with van der Waals surface area (Å²) in [6, 6.07) is 18.0. The molecule has 0 radical (unpaired) electrons. The maximum absolute atomic E-state index is 13.5. The van der Waals surface area contributed by atoms with Crippen LogP contribution in [0.15, 0.2) is 66.9 Å². The Hall–Kier alpha value is -4.17. The van der Waals surface area contributed by atoms with Gasteiger partial charge in [-0.3, -0.25) is 9.69 Å². The molecule has 7 nitrogen and oxygen atoms in total. The molecule has 1 aliphatic rings. The summed E-state index contributed by atoms with van der Waals surface area (Å²) >= 11 is 0. The lowest BCUT2D eigenvalue weighted by Crippen LogP contribution is -2.18. The van der Waals surface area contributed by atoms with Gasteiger partial charge in [0.25, 0.3) is 0 Å². The van der Waals surface area contributed by atoms with Crippen molar-refractivity contribution in [2.75, 3.05) is 13.1 Å². The first-order valence-corrected chi connectivity index (χ1v) is 12.9. The molecule has 0 amide bonds. The Labute approximate surface area is 220 Å². The van der Waals surface area contributed by atoms with Crippen LogP contribution in [0.4, 0.5) is 4.39 Å². The number of imidazole rings is 2. The monoisotopic (exact) mass is 508 g/mol. The van der Waals surface area contributed by atoms with Gasteiger partial charge in [-0.1, -0.05) is 24.3 Å². The molecule has 1 aliphatic heterocycles. The number of hydrogen-bond acceptors (Lipinski definition) is 5. The van der Waals surface area contributed by atoms with Gasteiger partial charge in [0.2, 0.25) is 0 Å². The summed E-state index contributed by atoms with van der Waals surface area (Å²) in [6.07, 6.45) is 4.54. The van der Waals surface area contributed by atoms with Crippen molar-refractivity contribution < 1.29 is 9.18 Å². The van der Waals surface area contributed by atoms with Gasteiger partial charge in [-0.05, 0) is 74.8 Å². The van der Waals surface area contributed by atoms with Crippen LogP contribution in [0.5, 0.6) is 0 Å². The molecule has 1 saturated heterocycles. The summed E-state index contributed by atoms with van der Waals surface area (Å²) in [5.41, 5.74) is 6.35. The molecule has 0 aliphatic carbocycles. The SMILES string of the molecule is Cc1nc(-c2ccc(F)cc2)c(-c2ccc3nc(CC(=O)c4ccc(CN5CCCC5)cc4)cn3n2)n1C. The smallest absolute Gasteiger partial charge is 0.168 e. The van der Waals surface area contributed by atoms with Gasteiger partial charge in [-0.15, -0.1) is 0 Å². The first-order chi connectivity index (χ1) is 18.4. The molecule has 6 rings (SSSR count). The zero-order valence-electron chi connectivity index (χ0n) is 21.6. The third-order valence-electron chi connectivity index (χ3n) is 7.27. The van der Waals surface area contributed by atoms with E-state index < -0.39 is 0 Å². The molecule has 1 fully saturated rings. The van der Waals surface area contributed by atoms with Gasteiger partial charge in [0.15, 0.2) is 11.4 Å². The fourth-order valence-corrected chi connectivity index (χ4v) is 5.12. The van der Waals surface area contributed by atoms with Gasteiger partial charge < -0.3 is 4.57 Å². The topological polar surface area (TPSA) is 68.3 Å². The van der Waals surface area contributed by atoms with E-state index in [1.165, 1.54) is 30.5 Å². The fraction of sp³-hybridized carbons (Fsp3) is 0.267. The second-order valence-corrected chi connectivity index (χ2v) is 9.96. The Morgan fingerprint density at radius 1 is 0.947 bits per heavy atom. The Bertz CT molecular complexity index is 1610. The molecule has 2 aromatic carbocycles. The number of likely N-dealkylation sites (tertiary alicyclic amines) is 1. The van der Waals surface area contributed by atoms with E-state index in [-0.39, 0.29) is 18.0 Å². The molecular formula is C30H29FN6O. The lowest BCUT2D eigenvalue weighted by atomic mass is 10.0. The average molecular weight is 509 g/mol. The second-order valence-electron chi connectivity index (χ2n) is 9.96. The van der Waals surface area contributed by atoms with E-state index in [0.717, 1.165) is 42.4 Å². The normalized spacial score (nSPS) is 14.0. The molecule has 0 atom stereocenters. The minimum atomic E-state index is -0.291. The van der Waals surface area contributed by atoms with Crippen LogP contribution in [-0.4, -0.2) is 47.9 Å². The van der Waals surface area contributed by atoms with E-state index in [4.69, 9.17) is 10.1 Å². The number of aryl methyl sites for hydroxylation is 1. The Morgan fingerprint density at radius 2 is 1.68 bits per heavy atom. The lowest BCUT2D eigenvalue weighted by Gasteiger charge is -2.14. The van der Waals surface area contributed by atoms with Crippen LogP contribution in [0.2, 0.25) is 0 Å². The second kappa shape index (κ2) is 9.95. The highest BCUT2D eigenvalue weighted by Crippen LogP contribution is 2.31. The number of carbonyl (C=O) groups excluding carboxylic acids is 1. The van der Waals surface area contributed by atoms with Crippen molar-refractivity contribution in [3.05, 3.63) is 95.3 Å². The summed E-state index contributed by atoms with van der Waals surface area (Å²) in [5, 5.41) is 4.79. The number of nitrogens with zero attached hydrogens (tertiary/aromatic N) is 6. The van der Waals surface area contributed by atoms with E-state index >= 15 is 0 Å². The third kappa shape index (κ3) is 4.75. The van der Waals surface area contributed by atoms with Crippen LogP contribution in [0.25, 0.3) is 28.3 Å². The molecule has 0 saturated carbocycles. The van der Waals surface area contributed by atoms with Crippen LogP contribution in [0.3, 0.4) is 0 Å². The molecule has 0 N–H and O–H groups in total. The van der Waals surface area contributed by atoms with E-state index in [0.29, 0.717) is 22.6 Å². The van der Waals surface area contributed by atoms with E-state index in [1.807, 2.05) is 42.8 Å². The molecule has 8 heteroatoms. The molecule has 0 bridgehead atoms. The van der Waals surface area contributed by atoms with Crippen molar-refractivity contribution in [3.8, 4) is 22.6 Å². The number of Topliss-reactive ketones (excluding diaryl/α,β-unsaturated/α-hetero) is 1. The van der Waals surface area contributed by atoms with Crippen molar-refractivity contribution in [1.29, 1.82) is 0 Å². The van der Waals surface area contributed by atoms with Crippen LogP contribution in [0, 0.1) is 12.7 Å². The lowest BCUT2D eigenvalue weighted by molar-refractivity contribution is 0.0992. The van der Waals surface area contributed by atoms with Gasteiger partial charge in [-0.25, -0.2) is 18.9 Å². The van der Waals surface area contributed by atoms with Gasteiger partial charge in [0.05, 0.1) is 29.7 Å². The highest BCUT2D eigenvalue weighted by molar-refractivity contribution is 5.97. The summed E-state index contributed by atoms with van der Waals surface area (Å²) in [6.45, 7) is 5.17. The predicted molar refractivity (Wildman–Crippen MR) is 144 cm³/mol. The number of aromatic nitrogens is 5. The zero-order valence-corrected chi connectivity index (χ0v) is 21.6. The zero-order chi connectivity index (χ0) is 26.2. The number of rotatable bonds is 7. The van der Waals surface area contributed by atoms with Crippen molar-refractivity contribution in [3.63, 3.8) is 0 Å². The van der Waals surface area contributed by atoms with Crippen LogP contribution in [0.1, 0.15) is 40.3 Å². The first-order valence-electron chi connectivity index (χ1n) is 12.9. The third-order valence-corrected chi connectivity index (χ3v) is 7.27. The molecule has 3 aromatic heterocycles. The van der Waals surface area contributed by atoms with E-state index in [2.05, 4.69) is 22.0 Å². The van der Waals surface area contributed by atoms with Gasteiger partial charge >= 0.3 is 0 Å². The molecular weight excluding hydrogens is 479 g/mol. The highest BCUT2D eigenvalue weighted by Gasteiger charge is 2.19. The average Bonchev–Trinajstić information content (AvgIpc) is 3.64. The molecule has 4 heterocycles. The van der Waals surface area contributed by atoms with Gasteiger partial charge in [0.1, 0.15) is 17.3 Å². The Balaban J connectivity index is 1.23. The number of hydrogen-bond donors (Lipinski definition) is 0. The van der Waals surface area contributed by atoms with Crippen molar-refractivity contribution in [2.45, 2.75) is 32.7 Å².